The maximum absolute atomic E-state index is 14.1. The van der Waals surface area contributed by atoms with E-state index in [1.807, 2.05) is 13.0 Å². The first-order chi connectivity index (χ1) is 21.3. The van der Waals surface area contributed by atoms with Crippen molar-refractivity contribution in [2.24, 2.45) is 28.6 Å². The molecule has 5 rings (SSSR count). The van der Waals surface area contributed by atoms with Gasteiger partial charge in [-0.1, -0.05) is 49.8 Å². The summed E-state index contributed by atoms with van der Waals surface area (Å²) in [6.45, 7) is 4.75. The van der Waals surface area contributed by atoms with Crippen LogP contribution >= 0.6 is 0 Å². The summed E-state index contributed by atoms with van der Waals surface area (Å²) in [5, 5.41) is 21.3. The standard InChI is InChI=1S/C33H39NO11/c1-4-42-30(39)45-33(27(37)19-43-28(38)15-20-5-7-21(8-6-20)18-44-34(40)41)14-12-25-24-10-9-22-16-23(35)11-13-31(22,2)29(24)26(36)17-32(25,33)3/h5-8,11,13,16,24-26,29,36H,4,9-10,12,14-15,17-19H2,1-3H3/t24-,25-,26-,29+,31-,32-,33-/m0/s1. The number of carbonyl (C=O) groups excluding carboxylic acids is 4. The lowest BCUT2D eigenvalue weighted by Crippen LogP contribution is -2.63. The summed E-state index contributed by atoms with van der Waals surface area (Å²) in [4.78, 5) is 66.5. The predicted molar refractivity (Wildman–Crippen MR) is 157 cm³/mol. The minimum absolute atomic E-state index is 0.000463. The monoisotopic (exact) mass is 625 g/mol. The maximum atomic E-state index is 14.1. The number of benzene rings is 1. The number of rotatable bonds is 10. The minimum atomic E-state index is -1.68. The molecule has 4 aliphatic carbocycles. The van der Waals surface area contributed by atoms with E-state index < -0.39 is 52.1 Å². The highest BCUT2D eigenvalue weighted by atomic mass is 16.9. The van der Waals surface area contributed by atoms with Gasteiger partial charge >= 0.3 is 12.1 Å². The largest absolute Gasteiger partial charge is 0.509 e. The third kappa shape index (κ3) is 5.87. The third-order valence-electron chi connectivity index (χ3n) is 10.7. The highest BCUT2D eigenvalue weighted by Gasteiger charge is 2.70. The van der Waals surface area contributed by atoms with Crippen LogP contribution < -0.4 is 0 Å². The van der Waals surface area contributed by atoms with Crippen molar-refractivity contribution in [1.82, 2.24) is 0 Å². The van der Waals surface area contributed by atoms with Crippen LogP contribution in [0.1, 0.15) is 64.0 Å². The Morgan fingerprint density at radius 2 is 1.80 bits per heavy atom. The lowest BCUT2D eigenvalue weighted by atomic mass is 9.46. The van der Waals surface area contributed by atoms with Gasteiger partial charge in [-0.15, -0.1) is 10.1 Å². The predicted octanol–water partition coefficient (Wildman–Crippen LogP) is 4.24. The molecule has 0 aliphatic heterocycles. The first-order valence-electron chi connectivity index (χ1n) is 15.3. The van der Waals surface area contributed by atoms with Crippen LogP contribution in [-0.4, -0.2) is 58.8 Å². The summed E-state index contributed by atoms with van der Waals surface area (Å²) in [5.41, 5.74) is -1.01. The van der Waals surface area contributed by atoms with Gasteiger partial charge in [-0.3, -0.25) is 14.4 Å². The second kappa shape index (κ2) is 12.4. The highest BCUT2D eigenvalue weighted by molar-refractivity contribution is 6.01. The Bertz CT molecular complexity index is 1430. The number of aliphatic hydroxyl groups excluding tert-OH is 1. The zero-order valence-corrected chi connectivity index (χ0v) is 25.7. The fourth-order valence-corrected chi connectivity index (χ4v) is 8.65. The molecule has 3 saturated carbocycles. The summed E-state index contributed by atoms with van der Waals surface area (Å²) in [5.74, 6) is -1.56. The molecule has 0 radical (unpaired) electrons. The van der Waals surface area contributed by atoms with Crippen LogP contribution in [0.2, 0.25) is 0 Å². The van der Waals surface area contributed by atoms with Gasteiger partial charge in [0.2, 0.25) is 5.78 Å². The summed E-state index contributed by atoms with van der Waals surface area (Å²) >= 11 is 0. The van der Waals surface area contributed by atoms with Crippen LogP contribution in [0.5, 0.6) is 0 Å². The summed E-state index contributed by atoms with van der Waals surface area (Å²) < 4.78 is 16.4. The molecule has 45 heavy (non-hydrogen) atoms. The van der Waals surface area contributed by atoms with E-state index in [2.05, 4.69) is 11.8 Å². The second-order valence-corrected chi connectivity index (χ2v) is 12.9. The number of ketones is 2. The minimum Gasteiger partial charge on any atom is -0.457 e. The quantitative estimate of drug-likeness (QED) is 0.224. The van der Waals surface area contributed by atoms with Crippen molar-refractivity contribution >= 4 is 23.7 Å². The average molecular weight is 626 g/mol. The topological polar surface area (TPSA) is 169 Å². The number of nitrogens with zero attached hydrogens (tertiary/aromatic N) is 1. The van der Waals surface area contributed by atoms with Crippen LogP contribution in [-0.2, 0) is 46.5 Å². The lowest BCUT2D eigenvalue weighted by Gasteiger charge is -2.59. The summed E-state index contributed by atoms with van der Waals surface area (Å²) in [7, 11) is 0. The highest BCUT2D eigenvalue weighted by Crippen LogP contribution is 2.68. The van der Waals surface area contributed by atoms with Gasteiger partial charge in [0.1, 0.15) is 6.61 Å². The van der Waals surface area contributed by atoms with Crippen LogP contribution in [0.4, 0.5) is 4.79 Å². The molecule has 1 aromatic carbocycles. The molecular weight excluding hydrogens is 586 g/mol. The Labute approximate surface area is 260 Å². The number of ether oxygens (including phenoxy) is 3. The molecule has 12 nitrogen and oxygen atoms in total. The molecule has 0 amide bonds. The number of allylic oxidation sites excluding steroid dienone is 4. The number of esters is 1. The fourth-order valence-electron chi connectivity index (χ4n) is 8.65. The summed E-state index contributed by atoms with van der Waals surface area (Å²) in [6, 6.07) is 6.40. The van der Waals surface area contributed by atoms with Crippen molar-refractivity contribution in [2.45, 2.75) is 77.6 Å². The van der Waals surface area contributed by atoms with Crippen LogP contribution in [0.15, 0.2) is 48.1 Å². The molecule has 0 heterocycles. The van der Waals surface area contributed by atoms with E-state index in [-0.39, 0.29) is 56.0 Å². The van der Waals surface area contributed by atoms with E-state index >= 15 is 0 Å². The molecule has 1 aromatic rings. The van der Waals surface area contributed by atoms with Gasteiger partial charge in [0.05, 0.1) is 19.1 Å². The van der Waals surface area contributed by atoms with E-state index in [1.165, 1.54) is 0 Å². The molecular formula is C33H39NO11. The molecule has 0 saturated heterocycles. The Morgan fingerprint density at radius 1 is 1.09 bits per heavy atom. The number of hydrogen-bond acceptors (Lipinski definition) is 11. The number of Topliss-reactive ketones (excluding diaryl/α,β-unsaturated/α-hetero) is 1. The summed E-state index contributed by atoms with van der Waals surface area (Å²) in [6.07, 6.45) is 5.50. The van der Waals surface area contributed by atoms with Gasteiger partial charge in [0.25, 0.3) is 5.09 Å². The molecule has 12 heteroatoms. The van der Waals surface area contributed by atoms with E-state index in [4.69, 9.17) is 14.2 Å². The third-order valence-corrected chi connectivity index (χ3v) is 10.7. The van der Waals surface area contributed by atoms with E-state index in [9.17, 15) is 34.4 Å². The van der Waals surface area contributed by atoms with E-state index in [1.54, 1.807) is 43.3 Å². The van der Waals surface area contributed by atoms with Gasteiger partial charge in [0.15, 0.2) is 18.0 Å². The van der Waals surface area contributed by atoms with Crippen LogP contribution in [0.25, 0.3) is 0 Å². The van der Waals surface area contributed by atoms with Gasteiger partial charge in [-0.2, -0.15) is 0 Å². The number of hydrogen-bond donors (Lipinski definition) is 1. The molecule has 0 spiro atoms. The van der Waals surface area contributed by atoms with Gasteiger partial charge in [-0.05, 0) is 74.1 Å². The Balaban J connectivity index is 1.34. The lowest BCUT2D eigenvalue weighted by molar-refractivity contribution is -0.763. The van der Waals surface area contributed by atoms with Crippen molar-refractivity contribution in [3.63, 3.8) is 0 Å². The fraction of sp³-hybridized carbons (Fsp3) is 0.576. The molecule has 242 valence electrons. The molecule has 0 aromatic heterocycles. The van der Waals surface area contributed by atoms with Gasteiger partial charge < -0.3 is 24.2 Å². The molecule has 3 fully saturated rings. The Morgan fingerprint density at radius 3 is 2.49 bits per heavy atom. The van der Waals surface area contributed by atoms with Gasteiger partial charge in [-0.25, -0.2) is 4.79 Å². The molecule has 7 atom stereocenters. The molecule has 4 aliphatic rings. The Hall–Kier alpha value is -4.06. The van der Waals surface area contributed by atoms with Crippen LogP contribution in [0.3, 0.4) is 0 Å². The molecule has 0 unspecified atom stereocenters. The normalized spacial score (nSPS) is 33.2. The SMILES string of the molecule is CCOC(=O)O[C@]1(C(=O)COC(=O)Cc2ccc(CO[N+](=O)[O-])cc2)CC[C@H]2[C@@H]3CCC4=CC(=O)C=C[C@]4(C)[C@H]3[C@@H](O)C[C@@]21C. The molecule has 0 bridgehead atoms. The first kappa shape index (κ1) is 32.3. The van der Waals surface area contributed by atoms with E-state index in [0.717, 1.165) is 12.0 Å². The second-order valence-electron chi connectivity index (χ2n) is 12.9. The zero-order chi connectivity index (χ0) is 32.6. The first-order valence-corrected chi connectivity index (χ1v) is 15.3. The van der Waals surface area contributed by atoms with Crippen LogP contribution in [0, 0.1) is 38.7 Å². The average Bonchev–Trinajstić information content (AvgIpc) is 3.27. The van der Waals surface area contributed by atoms with Crippen molar-refractivity contribution < 1.29 is 48.4 Å². The Kier molecular flexibility index (Phi) is 8.90. The van der Waals surface area contributed by atoms with Crippen molar-refractivity contribution in [1.29, 1.82) is 0 Å². The molecule has 1 N–H and O–H groups in total. The van der Waals surface area contributed by atoms with Crippen molar-refractivity contribution in [3.05, 3.63) is 69.3 Å². The smallest absolute Gasteiger partial charge is 0.457 e. The number of aliphatic hydroxyl groups is 1. The van der Waals surface area contributed by atoms with E-state index in [0.29, 0.717) is 24.0 Å². The van der Waals surface area contributed by atoms with Crippen molar-refractivity contribution in [3.8, 4) is 0 Å². The van der Waals surface area contributed by atoms with Gasteiger partial charge in [0, 0.05) is 16.7 Å². The van der Waals surface area contributed by atoms with Crippen molar-refractivity contribution in [2.75, 3.05) is 13.2 Å². The number of carbonyl (C=O) groups is 4. The maximum Gasteiger partial charge on any atom is 0.509 e. The number of fused-ring (bicyclic) bond motifs is 5. The zero-order valence-electron chi connectivity index (χ0n) is 25.7.